The number of carbonyl (C=O) groups is 1. The molecule has 2 aromatic carbocycles. The Hall–Kier alpha value is -2.63. The van der Waals surface area contributed by atoms with E-state index in [1.807, 2.05) is 48.2 Å². The van der Waals surface area contributed by atoms with Crippen molar-refractivity contribution in [2.24, 2.45) is 0 Å². The molecule has 150 valence electrons. The van der Waals surface area contributed by atoms with Crippen LogP contribution in [-0.4, -0.2) is 54.0 Å². The Morgan fingerprint density at radius 3 is 2.48 bits per heavy atom. The number of halogens is 1. The molecular formula is C23H24ClN3O2. The lowest BCUT2D eigenvalue weighted by Crippen LogP contribution is -2.48. The Morgan fingerprint density at radius 1 is 1.07 bits per heavy atom. The molecule has 1 aliphatic rings. The summed E-state index contributed by atoms with van der Waals surface area (Å²) in [6, 6.07) is 15.6. The predicted molar refractivity (Wildman–Crippen MR) is 116 cm³/mol. The van der Waals surface area contributed by atoms with Gasteiger partial charge in [-0.1, -0.05) is 23.7 Å². The summed E-state index contributed by atoms with van der Waals surface area (Å²) in [5.41, 5.74) is 3.58. The van der Waals surface area contributed by atoms with Gasteiger partial charge in [-0.05, 0) is 54.4 Å². The molecular weight excluding hydrogens is 386 g/mol. The standard InChI is InChI=1S/C23H24ClN3O2/c1-16-13-22(25-21-8-7-19(29-2)14-20(16)21)23(28)27-11-9-26(10-12-27)15-17-3-5-18(24)6-4-17/h3-8,13-14H,9-12,15H2,1-2H3. The molecule has 0 bridgehead atoms. The third-order valence-corrected chi connectivity index (χ3v) is 5.67. The lowest BCUT2D eigenvalue weighted by molar-refractivity contribution is 0.0623. The maximum Gasteiger partial charge on any atom is 0.272 e. The van der Waals surface area contributed by atoms with E-state index in [1.54, 1.807) is 7.11 Å². The summed E-state index contributed by atoms with van der Waals surface area (Å²) < 4.78 is 5.29. The highest BCUT2D eigenvalue weighted by molar-refractivity contribution is 6.30. The fourth-order valence-electron chi connectivity index (χ4n) is 3.73. The van der Waals surface area contributed by atoms with Crippen molar-refractivity contribution in [2.45, 2.75) is 13.5 Å². The summed E-state index contributed by atoms with van der Waals surface area (Å²) in [6.07, 6.45) is 0. The molecule has 5 nitrogen and oxygen atoms in total. The molecule has 6 heteroatoms. The summed E-state index contributed by atoms with van der Waals surface area (Å²) in [5.74, 6) is 0.787. The fourth-order valence-corrected chi connectivity index (χ4v) is 3.85. The normalized spacial score (nSPS) is 14.9. The first-order valence-electron chi connectivity index (χ1n) is 9.75. The van der Waals surface area contributed by atoms with Crippen LogP contribution in [0.5, 0.6) is 5.75 Å². The van der Waals surface area contributed by atoms with Gasteiger partial charge >= 0.3 is 0 Å². The van der Waals surface area contributed by atoms with E-state index >= 15 is 0 Å². The molecule has 4 rings (SSSR count). The number of carbonyl (C=O) groups excluding carboxylic acids is 1. The van der Waals surface area contributed by atoms with E-state index in [-0.39, 0.29) is 5.91 Å². The topological polar surface area (TPSA) is 45.7 Å². The van der Waals surface area contributed by atoms with E-state index < -0.39 is 0 Å². The molecule has 2 heterocycles. The van der Waals surface area contributed by atoms with E-state index in [2.05, 4.69) is 22.0 Å². The van der Waals surface area contributed by atoms with Crippen LogP contribution in [0.25, 0.3) is 10.9 Å². The van der Waals surface area contributed by atoms with Crippen molar-refractivity contribution in [1.29, 1.82) is 0 Å². The monoisotopic (exact) mass is 409 g/mol. The van der Waals surface area contributed by atoms with Gasteiger partial charge in [0.1, 0.15) is 11.4 Å². The molecule has 29 heavy (non-hydrogen) atoms. The minimum atomic E-state index is -0.00281. The van der Waals surface area contributed by atoms with Crippen LogP contribution in [0.1, 0.15) is 21.6 Å². The number of piperazine rings is 1. The average Bonchev–Trinajstić information content (AvgIpc) is 2.75. The number of pyridine rings is 1. The highest BCUT2D eigenvalue weighted by Gasteiger charge is 2.23. The van der Waals surface area contributed by atoms with Crippen molar-refractivity contribution in [3.8, 4) is 5.75 Å². The number of hydrogen-bond acceptors (Lipinski definition) is 4. The molecule has 0 radical (unpaired) electrons. The van der Waals surface area contributed by atoms with Gasteiger partial charge in [-0.2, -0.15) is 0 Å². The zero-order chi connectivity index (χ0) is 20.4. The van der Waals surface area contributed by atoms with Crippen LogP contribution in [0.3, 0.4) is 0 Å². The van der Waals surface area contributed by atoms with Crippen molar-refractivity contribution < 1.29 is 9.53 Å². The van der Waals surface area contributed by atoms with Gasteiger partial charge in [0.25, 0.3) is 5.91 Å². The number of ether oxygens (including phenoxy) is 1. The number of aromatic nitrogens is 1. The van der Waals surface area contributed by atoms with Crippen LogP contribution in [0.4, 0.5) is 0 Å². The second-order valence-corrected chi connectivity index (χ2v) is 7.84. The van der Waals surface area contributed by atoms with Crippen molar-refractivity contribution in [2.75, 3.05) is 33.3 Å². The Morgan fingerprint density at radius 2 is 1.79 bits per heavy atom. The van der Waals surface area contributed by atoms with E-state index in [0.717, 1.165) is 46.9 Å². The fraction of sp³-hybridized carbons (Fsp3) is 0.304. The molecule has 1 aromatic heterocycles. The minimum Gasteiger partial charge on any atom is -0.497 e. The van der Waals surface area contributed by atoms with Crippen LogP contribution < -0.4 is 4.74 Å². The third kappa shape index (κ3) is 4.36. The first-order chi connectivity index (χ1) is 14.0. The summed E-state index contributed by atoms with van der Waals surface area (Å²) in [4.78, 5) is 21.9. The van der Waals surface area contributed by atoms with E-state index in [4.69, 9.17) is 16.3 Å². The second kappa shape index (κ2) is 8.39. The molecule has 1 amide bonds. The van der Waals surface area contributed by atoms with Crippen LogP contribution in [0.2, 0.25) is 5.02 Å². The Kier molecular flexibility index (Phi) is 5.69. The van der Waals surface area contributed by atoms with Gasteiger partial charge in [0.15, 0.2) is 0 Å². The van der Waals surface area contributed by atoms with Crippen molar-refractivity contribution in [3.05, 3.63) is 70.4 Å². The number of nitrogens with zero attached hydrogens (tertiary/aromatic N) is 3. The number of amides is 1. The van der Waals surface area contributed by atoms with Gasteiger partial charge in [-0.15, -0.1) is 0 Å². The summed E-state index contributed by atoms with van der Waals surface area (Å²) in [6.45, 7) is 5.97. The van der Waals surface area contributed by atoms with Gasteiger partial charge in [0.2, 0.25) is 0 Å². The smallest absolute Gasteiger partial charge is 0.272 e. The first kappa shape index (κ1) is 19.7. The molecule has 1 aliphatic heterocycles. The van der Waals surface area contributed by atoms with E-state index in [1.165, 1.54) is 5.56 Å². The lowest BCUT2D eigenvalue weighted by Gasteiger charge is -2.34. The van der Waals surface area contributed by atoms with Crippen molar-refractivity contribution in [3.63, 3.8) is 0 Å². The predicted octanol–water partition coefficient (Wildman–Crippen LogP) is 4.16. The molecule has 0 N–H and O–H groups in total. The van der Waals surface area contributed by atoms with Crippen LogP contribution in [0, 0.1) is 6.92 Å². The van der Waals surface area contributed by atoms with Crippen molar-refractivity contribution >= 4 is 28.4 Å². The second-order valence-electron chi connectivity index (χ2n) is 7.40. The highest BCUT2D eigenvalue weighted by atomic mass is 35.5. The Bertz CT molecular complexity index is 1030. The molecule has 0 atom stereocenters. The SMILES string of the molecule is COc1ccc2nc(C(=O)N3CCN(Cc4ccc(Cl)cc4)CC3)cc(C)c2c1. The highest BCUT2D eigenvalue weighted by Crippen LogP contribution is 2.24. The minimum absolute atomic E-state index is 0.00281. The van der Waals surface area contributed by atoms with Gasteiger partial charge in [0.05, 0.1) is 12.6 Å². The van der Waals surface area contributed by atoms with Gasteiger partial charge in [-0.25, -0.2) is 4.98 Å². The number of aryl methyl sites for hydroxylation is 1. The maximum absolute atomic E-state index is 13.0. The summed E-state index contributed by atoms with van der Waals surface area (Å²) in [5, 5.41) is 1.76. The molecule has 1 fully saturated rings. The Labute approximate surface area is 175 Å². The first-order valence-corrected chi connectivity index (χ1v) is 10.1. The van der Waals surface area contributed by atoms with Crippen molar-refractivity contribution in [1.82, 2.24) is 14.8 Å². The number of rotatable bonds is 4. The lowest BCUT2D eigenvalue weighted by atomic mass is 10.1. The average molecular weight is 410 g/mol. The van der Waals surface area contributed by atoms with E-state index in [0.29, 0.717) is 18.8 Å². The summed E-state index contributed by atoms with van der Waals surface area (Å²) in [7, 11) is 1.65. The van der Waals surface area contributed by atoms with Crippen LogP contribution in [0.15, 0.2) is 48.5 Å². The van der Waals surface area contributed by atoms with Crippen LogP contribution >= 0.6 is 11.6 Å². The number of hydrogen-bond donors (Lipinski definition) is 0. The number of benzene rings is 2. The summed E-state index contributed by atoms with van der Waals surface area (Å²) >= 11 is 5.96. The molecule has 0 unspecified atom stereocenters. The maximum atomic E-state index is 13.0. The Balaban J connectivity index is 1.43. The van der Waals surface area contributed by atoms with Crippen LogP contribution in [-0.2, 0) is 6.54 Å². The third-order valence-electron chi connectivity index (χ3n) is 5.42. The molecule has 1 saturated heterocycles. The number of methoxy groups -OCH3 is 1. The molecule has 0 aliphatic carbocycles. The zero-order valence-electron chi connectivity index (χ0n) is 16.7. The zero-order valence-corrected chi connectivity index (χ0v) is 17.4. The molecule has 3 aromatic rings. The quantitative estimate of drug-likeness (QED) is 0.649. The van der Waals surface area contributed by atoms with E-state index in [9.17, 15) is 4.79 Å². The largest absolute Gasteiger partial charge is 0.497 e. The number of fused-ring (bicyclic) bond motifs is 1. The van der Waals surface area contributed by atoms with Gasteiger partial charge < -0.3 is 9.64 Å². The molecule has 0 saturated carbocycles. The van der Waals surface area contributed by atoms with Gasteiger partial charge in [0, 0.05) is 43.1 Å². The van der Waals surface area contributed by atoms with Gasteiger partial charge in [-0.3, -0.25) is 9.69 Å². The molecule has 0 spiro atoms.